The first kappa shape index (κ1) is 12.1. The number of benzene rings is 1. The summed E-state index contributed by atoms with van der Waals surface area (Å²) in [6.07, 6.45) is 3.88. The molecule has 1 heterocycles. The Labute approximate surface area is 104 Å². The highest BCUT2D eigenvalue weighted by Gasteiger charge is 2.11. The molecule has 0 saturated heterocycles. The third-order valence-corrected chi connectivity index (χ3v) is 2.92. The SMILES string of the molecule is NCCn1ccnc1Cc1c(F)cccc1Cl. The van der Waals surface area contributed by atoms with Crippen molar-refractivity contribution in [3.63, 3.8) is 0 Å². The smallest absolute Gasteiger partial charge is 0.128 e. The van der Waals surface area contributed by atoms with Crippen LogP contribution in [0.3, 0.4) is 0 Å². The topological polar surface area (TPSA) is 43.8 Å². The lowest BCUT2D eigenvalue weighted by atomic mass is 10.1. The largest absolute Gasteiger partial charge is 0.333 e. The van der Waals surface area contributed by atoms with E-state index in [9.17, 15) is 4.39 Å². The molecule has 0 amide bonds. The summed E-state index contributed by atoms with van der Waals surface area (Å²) in [7, 11) is 0. The minimum absolute atomic E-state index is 0.306. The molecule has 0 bridgehead atoms. The molecule has 0 unspecified atom stereocenters. The maximum absolute atomic E-state index is 13.6. The van der Waals surface area contributed by atoms with Crippen LogP contribution < -0.4 is 5.73 Å². The summed E-state index contributed by atoms with van der Waals surface area (Å²) in [5.41, 5.74) is 5.96. The molecular formula is C12H13ClFN3. The van der Waals surface area contributed by atoms with Gasteiger partial charge in [0.2, 0.25) is 0 Å². The van der Waals surface area contributed by atoms with Gasteiger partial charge in [0.15, 0.2) is 0 Å². The number of rotatable bonds is 4. The van der Waals surface area contributed by atoms with E-state index in [0.717, 1.165) is 5.82 Å². The molecular weight excluding hydrogens is 241 g/mol. The van der Waals surface area contributed by atoms with Gasteiger partial charge < -0.3 is 10.3 Å². The first-order valence-electron chi connectivity index (χ1n) is 5.35. The van der Waals surface area contributed by atoms with Gasteiger partial charge in [0.25, 0.3) is 0 Å². The highest BCUT2D eigenvalue weighted by Crippen LogP contribution is 2.21. The molecule has 0 saturated carbocycles. The van der Waals surface area contributed by atoms with E-state index in [1.54, 1.807) is 18.3 Å². The molecule has 90 valence electrons. The van der Waals surface area contributed by atoms with E-state index in [1.807, 2.05) is 10.8 Å². The second kappa shape index (κ2) is 5.29. The van der Waals surface area contributed by atoms with Gasteiger partial charge >= 0.3 is 0 Å². The molecule has 0 radical (unpaired) electrons. The van der Waals surface area contributed by atoms with Crippen LogP contribution in [0, 0.1) is 5.82 Å². The van der Waals surface area contributed by atoms with E-state index in [-0.39, 0.29) is 5.82 Å². The molecule has 2 aromatic rings. The highest BCUT2D eigenvalue weighted by molar-refractivity contribution is 6.31. The van der Waals surface area contributed by atoms with Crippen molar-refractivity contribution < 1.29 is 4.39 Å². The van der Waals surface area contributed by atoms with Crippen molar-refractivity contribution in [2.45, 2.75) is 13.0 Å². The summed E-state index contributed by atoms with van der Waals surface area (Å²) in [5.74, 6) is 0.460. The van der Waals surface area contributed by atoms with Crippen LogP contribution in [0.1, 0.15) is 11.4 Å². The quantitative estimate of drug-likeness (QED) is 0.908. The van der Waals surface area contributed by atoms with Gasteiger partial charge in [0.1, 0.15) is 11.6 Å². The average Bonchev–Trinajstić information content (AvgIpc) is 2.72. The fraction of sp³-hybridized carbons (Fsp3) is 0.250. The van der Waals surface area contributed by atoms with Crippen LogP contribution in [-0.2, 0) is 13.0 Å². The molecule has 0 aliphatic carbocycles. The molecule has 0 spiro atoms. The minimum Gasteiger partial charge on any atom is -0.333 e. The van der Waals surface area contributed by atoms with Crippen LogP contribution >= 0.6 is 11.6 Å². The summed E-state index contributed by atoms with van der Waals surface area (Å²) in [4.78, 5) is 4.19. The Morgan fingerprint density at radius 1 is 1.41 bits per heavy atom. The van der Waals surface area contributed by atoms with Gasteiger partial charge in [-0.05, 0) is 12.1 Å². The Morgan fingerprint density at radius 2 is 2.24 bits per heavy atom. The van der Waals surface area contributed by atoms with Crippen molar-refractivity contribution in [1.82, 2.24) is 9.55 Å². The first-order chi connectivity index (χ1) is 8.22. The van der Waals surface area contributed by atoms with Crippen LogP contribution in [0.5, 0.6) is 0 Å². The van der Waals surface area contributed by atoms with E-state index in [2.05, 4.69) is 4.98 Å². The Kier molecular flexibility index (Phi) is 3.76. The average molecular weight is 254 g/mol. The van der Waals surface area contributed by atoms with E-state index < -0.39 is 0 Å². The van der Waals surface area contributed by atoms with Gasteiger partial charge in [-0.15, -0.1) is 0 Å². The zero-order valence-corrected chi connectivity index (χ0v) is 9.99. The van der Waals surface area contributed by atoms with Gasteiger partial charge in [-0.2, -0.15) is 0 Å². The third kappa shape index (κ3) is 2.65. The maximum Gasteiger partial charge on any atom is 0.128 e. The lowest BCUT2D eigenvalue weighted by Gasteiger charge is -2.08. The lowest BCUT2D eigenvalue weighted by Crippen LogP contribution is -2.12. The van der Waals surface area contributed by atoms with Gasteiger partial charge in [0, 0.05) is 42.5 Å². The predicted octanol–water partition coefficient (Wildman–Crippen LogP) is 2.23. The Bertz CT molecular complexity index is 490. The standard InChI is InChI=1S/C12H13ClFN3/c13-10-2-1-3-11(14)9(10)8-12-16-5-7-17(12)6-4-15/h1-3,5,7H,4,6,8,15H2. The minimum atomic E-state index is -0.306. The van der Waals surface area contributed by atoms with Crippen LogP contribution in [0.2, 0.25) is 5.02 Å². The molecule has 0 aliphatic rings. The van der Waals surface area contributed by atoms with Gasteiger partial charge in [0.05, 0.1) is 0 Å². The van der Waals surface area contributed by atoms with Crippen molar-refractivity contribution >= 4 is 11.6 Å². The van der Waals surface area contributed by atoms with E-state index in [1.165, 1.54) is 6.07 Å². The van der Waals surface area contributed by atoms with Gasteiger partial charge in [-0.3, -0.25) is 0 Å². The fourth-order valence-corrected chi connectivity index (χ4v) is 1.94. The molecule has 5 heteroatoms. The number of hydrogen-bond donors (Lipinski definition) is 1. The maximum atomic E-state index is 13.6. The molecule has 1 aromatic heterocycles. The molecule has 0 fully saturated rings. The summed E-state index contributed by atoms with van der Waals surface area (Å²) in [5, 5.41) is 0.423. The number of halogens is 2. The molecule has 0 aliphatic heterocycles. The van der Waals surface area contributed by atoms with Crippen LogP contribution in [0.4, 0.5) is 4.39 Å². The molecule has 17 heavy (non-hydrogen) atoms. The highest BCUT2D eigenvalue weighted by atomic mass is 35.5. The van der Waals surface area contributed by atoms with Crippen LogP contribution in [0.15, 0.2) is 30.6 Å². The summed E-state index contributed by atoms with van der Waals surface area (Å²) in [6, 6.07) is 4.67. The Morgan fingerprint density at radius 3 is 2.94 bits per heavy atom. The zero-order valence-electron chi connectivity index (χ0n) is 9.24. The van der Waals surface area contributed by atoms with Crippen molar-refractivity contribution in [3.8, 4) is 0 Å². The normalized spacial score (nSPS) is 10.8. The zero-order chi connectivity index (χ0) is 12.3. The second-order valence-corrected chi connectivity index (χ2v) is 4.11. The number of nitrogens with zero attached hydrogens (tertiary/aromatic N) is 2. The van der Waals surface area contributed by atoms with E-state index in [0.29, 0.717) is 30.1 Å². The number of imidazole rings is 1. The molecule has 0 atom stereocenters. The van der Waals surface area contributed by atoms with Gasteiger partial charge in [-0.1, -0.05) is 17.7 Å². The lowest BCUT2D eigenvalue weighted by molar-refractivity contribution is 0.605. The predicted molar refractivity (Wildman–Crippen MR) is 65.5 cm³/mol. The van der Waals surface area contributed by atoms with Crippen molar-refractivity contribution in [1.29, 1.82) is 0 Å². The summed E-state index contributed by atoms with van der Waals surface area (Å²) < 4.78 is 15.5. The Balaban J connectivity index is 2.28. The molecule has 1 aromatic carbocycles. The van der Waals surface area contributed by atoms with E-state index in [4.69, 9.17) is 17.3 Å². The first-order valence-corrected chi connectivity index (χ1v) is 5.73. The monoisotopic (exact) mass is 253 g/mol. The number of hydrogen-bond acceptors (Lipinski definition) is 2. The number of nitrogens with two attached hydrogens (primary N) is 1. The van der Waals surface area contributed by atoms with Gasteiger partial charge in [-0.25, -0.2) is 9.37 Å². The fourth-order valence-electron chi connectivity index (χ4n) is 1.71. The summed E-state index contributed by atoms with van der Waals surface area (Å²) in [6.45, 7) is 1.19. The van der Waals surface area contributed by atoms with Crippen LogP contribution in [0.25, 0.3) is 0 Å². The second-order valence-electron chi connectivity index (χ2n) is 3.70. The third-order valence-electron chi connectivity index (χ3n) is 2.57. The van der Waals surface area contributed by atoms with Crippen molar-refractivity contribution in [2.24, 2.45) is 5.73 Å². The Hall–Kier alpha value is -1.39. The van der Waals surface area contributed by atoms with Crippen LogP contribution in [-0.4, -0.2) is 16.1 Å². The van der Waals surface area contributed by atoms with E-state index >= 15 is 0 Å². The molecule has 3 nitrogen and oxygen atoms in total. The molecule has 2 rings (SSSR count). The molecule has 2 N–H and O–H groups in total. The number of aromatic nitrogens is 2. The van der Waals surface area contributed by atoms with Crippen molar-refractivity contribution in [3.05, 3.63) is 52.8 Å². The van der Waals surface area contributed by atoms with Crippen molar-refractivity contribution in [2.75, 3.05) is 6.54 Å². The summed E-state index contributed by atoms with van der Waals surface area (Å²) >= 11 is 5.97.